The van der Waals surface area contributed by atoms with Gasteiger partial charge in [-0.15, -0.1) is 0 Å². The Bertz CT molecular complexity index is 963. The fraction of sp³-hybridized carbons (Fsp3) is 0.263. The maximum atomic E-state index is 12.9. The number of amides is 2. The Labute approximate surface area is 155 Å². The minimum absolute atomic E-state index is 0.169. The molecule has 0 saturated carbocycles. The standard InChI is InChI=1S/C19H19N5O3/c1-13-7-8-16(27-13)19(26)23-9-14(10-24-17(11-23)20-12-21-24)18(25)22-15-5-3-2-4-6-15/h2-8,12,14H,9-11H2,1H3,(H,22,25). The Morgan fingerprint density at radius 2 is 1.96 bits per heavy atom. The summed E-state index contributed by atoms with van der Waals surface area (Å²) in [7, 11) is 0. The molecule has 0 radical (unpaired) electrons. The van der Waals surface area contributed by atoms with Gasteiger partial charge in [0.05, 0.1) is 19.0 Å². The lowest BCUT2D eigenvalue weighted by molar-refractivity contribution is -0.120. The summed E-state index contributed by atoms with van der Waals surface area (Å²) in [6.45, 7) is 2.66. The fourth-order valence-corrected chi connectivity index (χ4v) is 3.12. The van der Waals surface area contributed by atoms with E-state index in [-0.39, 0.29) is 30.7 Å². The van der Waals surface area contributed by atoms with Crippen LogP contribution in [-0.4, -0.2) is 38.0 Å². The number of aryl methyl sites for hydroxylation is 1. The lowest BCUT2D eigenvalue weighted by Crippen LogP contribution is -2.38. The van der Waals surface area contributed by atoms with Gasteiger partial charge >= 0.3 is 0 Å². The third-order valence-electron chi connectivity index (χ3n) is 4.51. The molecular formula is C19H19N5O3. The van der Waals surface area contributed by atoms with Gasteiger partial charge in [0, 0.05) is 12.2 Å². The smallest absolute Gasteiger partial charge is 0.289 e. The predicted octanol–water partition coefficient (Wildman–Crippen LogP) is 2.09. The van der Waals surface area contributed by atoms with Gasteiger partial charge in [0.15, 0.2) is 5.76 Å². The van der Waals surface area contributed by atoms with Gasteiger partial charge < -0.3 is 14.6 Å². The molecule has 1 aliphatic rings. The molecule has 1 N–H and O–H groups in total. The van der Waals surface area contributed by atoms with Gasteiger partial charge in [-0.3, -0.25) is 9.59 Å². The molecular weight excluding hydrogens is 346 g/mol. The third-order valence-corrected chi connectivity index (χ3v) is 4.51. The second-order valence-corrected chi connectivity index (χ2v) is 6.51. The van der Waals surface area contributed by atoms with Crippen molar-refractivity contribution in [2.24, 2.45) is 5.92 Å². The molecule has 0 fully saturated rings. The maximum absolute atomic E-state index is 12.9. The highest BCUT2D eigenvalue weighted by molar-refractivity contribution is 5.94. The normalized spacial score (nSPS) is 16.5. The molecule has 1 atom stereocenters. The molecule has 8 heteroatoms. The number of nitrogens with zero attached hydrogens (tertiary/aromatic N) is 4. The minimum atomic E-state index is -0.465. The fourth-order valence-electron chi connectivity index (χ4n) is 3.12. The Hall–Kier alpha value is -3.42. The Morgan fingerprint density at radius 3 is 2.70 bits per heavy atom. The monoisotopic (exact) mass is 365 g/mol. The summed E-state index contributed by atoms with van der Waals surface area (Å²) in [5.41, 5.74) is 0.713. The zero-order valence-electron chi connectivity index (χ0n) is 14.8. The first-order valence-electron chi connectivity index (χ1n) is 8.68. The van der Waals surface area contributed by atoms with Crippen LogP contribution in [0.5, 0.6) is 0 Å². The largest absolute Gasteiger partial charge is 0.456 e. The van der Waals surface area contributed by atoms with Crippen LogP contribution in [0.25, 0.3) is 0 Å². The highest BCUT2D eigenvalue weighted by Gasteiger charge is 2.32. The third kappa shape index (κ3) is 3.59. The number of rotatable bonds is 3. The van der Waals surface area contributed by atoms with E-state index in [1.807, 2.05) is 30.3 Å². The zero-order valence-corrected chi connectivity index (χ0v) is 14.8. The van der Waals surface area contributed by atoms with Crippen LogP contribution < -0.4 is 5.32 Å². The molecule has 0 aliphatic carbocycles. The van der Waals surface area contributed by atoms with Crippen molar-refractivity contribution in [1.82, 2.24) is 19.7 Å². The van der Waals surface area contributed by atoms with Crippen molar-refractivity contribution in [3.05, 3.63) is 66.1 Å². The lowest BCUT2D eigenvalue weighted by Gasteiger charge is -2.22. The summed E-state index contributed by atoms with van der Waals surface area (Å²) in [5, 5.41) is 7.10. The Morgan fingerprint density at radius 1 is 1.15 bits per heavy atom. The van der Waals surface area contributed by atoms with Crippen LogP contribution >= 0.6 is 0 Å². The topological polar surface area (TPSA) is 93.3 Å². The van der Waals surface area contributed by atoms with Gasteiger partial charge in [-0.2, -0.15) is 5.10 Å². The van der Waals surface area contributed by atoms with Gasteiger partial charge in [-0.1, -0.05) is 18.2 Å². The molecule has 3 aromatic rings. The number of anilines is 1. The van der Waals surface area contributed by atoms with Crippen molar-refractivity contribution in [3.63, 3.8) is 0 Å². The molecule has 0 saturated heterocycles. The van der Waals surface area contributed by atoms with Crippen LogP contribution in [0.2, 0.25) is 0 Å². The number of benzene rings is 1. The van der Waals surface area contributed by atoms with Gasteiger partial charge in [-0.05, 0) is 31.2 Å². The van der Waals surface area contributed by atoms with E-state index in [0.29, 0.717) is 23.8 Å². The highest BCUT2D eigenvalue weighted by atomic mass is 16.3. The highest BCUT2D eigenvalue weighted by Crippen LogP contribution is 2.19. The van der Waals surface area contributed by atoms with E-state index in [1.165, 1.54) is 6.33 Å². The number of para-hydroxylation sites is 1. The van der Waals surface area contributed by atoms with E-state index >= 15 is 0 Å². The summed E-state index contributed by atoms with van der Waals surface area (Å²) < 4.78 is 7.14. The maximum Gasteiger partial charge on any atom is 0.289 e. The molecule has 1 aliphatic heterocycles. The molecule has 2 amide bonds. The lowest BCUT2D eigenvalue weighted by atomic mass is 10.1. The molecule has 1 unspecified atom stereocenters. The molecule has 0 bridgehead atoms. The van der Waals surface area contributed by atoms with Crippen LogP contribution in [0.4, 0.5) is 5.69 Å². The van der Waals surface area contributed by atoms with Crippen molar-refractivity contribution in [2.75, 3.05) is 11.9 Å². The molecule has 3 heterocycles. The summed E-state index contributed by atoms with van der Waals surface area (Å²) in [6, 6.07) is 12.6. The minimum Gasteiger partial charge on any atom is -0.456 e. The molecule has 27 heavy (non-hydrogen) atoms. The SMILES string of the molecule is Cc1ccc(C(=O)N2Cc3ncnn3CC(C(=O)Nc3ccccc3)C2)o1. The number of carbonyl (C=O) groups is 2. The first kappa shape index (κ1) is 17.0. The van der Waals surface area contributed by atoms with E-state index in [2.05, 4.69) is 15.4 Å². The summed E-state index contributed by atoms with van der Waals surface area (Å²) in [4.78, 5) is 31.5. The summed E-state index contributed by atoms with van der Waals surface area (Å²) in [5.74, 6) is 0.655. The number of nitrogens with one attached hydrogen (secondary N) is 1. The number of hydrogen-bond acceptors (Lipinski definition) is 5. The van der Waals surface area contributed by atoms with Crippen molar-refractivity contribution >= 4 is 17.5 Å². The number of fused-ring (bicyclic) bond motifs is 1. The van der Waals surface area contributed by atoms with Crippen LogP contribution in [0, 0.1) is 12.8 Å². The van der Waals surface area contributed by atoms with Crippen LogP contribution in [-0.2, 0) is 17.9 Å². The van der Waals surface area contributed by atoms with E-state index in [0.717, 1.165) is 0 Å². The summed E-state index contributed by atoms with van der Waals surface area (Å²) in [6.07, 6.45) is 1.44. The van der Waals surface area contributed by atoms with Crippen LogP contribution in [0.1, 0.15) is 22.1 Å². The average Bonchev–Trinajstić information content (AvgIpc) is 3.25. The second kappa shape index (κ2) is 7.06. The van der Waals surface area contributed by atoms with E-state index < -0.39 is 5.92 Å². The molecule has 0 spiro atoms. The van der Waals surface area contributed by atoms with Crippen molar-refractivity contribution in [1.29, 1.82) is 0 Å². The molecule has 4 rings (SSSR count). The van der Waals surface area contributed by atoms with Crippen molar-refractivity contribution < 1.29 is 14.0 Å². The first-order valence-corrected chi connectivity index (χ1v) is 8.68. The quantitative estimate of drug-likeness (QED) is 0.767. The average molecular weight is 365 g/mol. The molecule has 8 nitrogen and oxygen atoms in total. The number of furan rings is 1. The van der Waals surface area contributed by atoms with Crippen LogP contribution in [0.3, 0.4) is 0 Å². The van der Waals surface area contributed by atoms with E-state index in [9.17, 15) is 9.59 Å². The van der Waals surface area contributed by atoms with Gasteiger partial charge in [0.1, 0.15) is 17.9 Å². The van der Waals surface area contributed by atoms with Gasteiger partial charge in [0.2, 0.25) is 5.91 Å². The van der Waals surface area contributed by atoms with Crippen LogP contribution in [0.15, 0.2) is 53.2 Å². The van der Waals surface area contributed by atoms with Crippen molar-refractivity contribution in [3.8, 4) is 0 Å². The second-order valence-electron chi connectivity index (χ2n) is 6.51. The number of carbonyl (C=O) groups excluding carboxylic acids is 2. The van der Waals surface area contributed by atoms with Gasteiger partial charge in [0.25, 0.3) is 5.91 Å². The molecule has 138 valence electrons. The van der Waals surface area contributed by atoms with Gasteiger partial charge in [-0.25, -0.2) is 9.67 Å². The summed E-state index contributed by atoms with van der Waals surface area (Å²) >= 11 is 0. The first-order chi connectivity index (χ1) is 13.1. The zero-order chi connectivity index (χ0) is 18.8. The molecule has 2 aromatic heterocycles. The Kier molecular flexibility index (Phi) is 4.45. The number of aromatic nitrogens is 3. The van der Waals surface area contributed by atoms with E-state index in [4.69, 9.17) is 4.42 Å². The van der Waals surface area contributed by atoms with E-state index in [1.54, 1.807) is 28.6 Å². The molecule has 1 aromatic carbocycles. The predicted molar refractivity (Wildman–Crippen MR) is 96.8 cm³/mol. The van der Waals surface area contributed by atoms with Crippen molar-refractivity contribution in [2.45, 2.75) is 20.0 Å². The Balaban J connectivity index is 1.58. The number of hydrogen-bond donors (Lipinski definition) is 1.